The standard InChI is InChI=1S/C20H17BrN4O/c1-20(2,12-22)14-5-3-13(4-6-14)19(26)24-11-16-10-23-17-8-7-15(21)9-18(17)25-16/h3-10H,11H2,1-2H3,(H,24,26). The molecule has 0 atom stereocenters. The maximum Gasteiger partial charge on any atom is 0.251 e. The molecule has 0 aliphatic heterocycles. The lowest BCUT2D eigenvalue weighted by molar-refractivity contribution is 0.0950. The maximum atomic E-state index is 12.3. The number of rotatable bonds is 4. The average Bonchev–Trinajstić information content (AvgIpc) is 2.65. The van der Waals surface area contributed by atoms with E-state index in [0.717, 1.165) is 21.1 Å². The van der Waals surface area contributed by atoms with Gasteiger partial charge in [0.1, 0.15) is 0 Å². The number of hydrogen-bond acceptors (Lipinski definition) is 4. The zero-order valence-corrected chi connectivity index (χ0v) is 16.0. The minimum absolute atomic E-state index is 0.192. The van der Waals surface area contributed by atoms with Gasteiger partial charge in [-0.3, -0.25) is 9.78 Å². The molecule has 0 bridgehead atoms. The van der Waals surface area contributed by atoms with Gasteiger partial charge in [0.25, 0.3) is 5.91 Å². The number of fused-ring (bicyclic) bond motifs is 1. The van der Waals surface area contributed by atoms with Crippen molar-refractivity contribution in [3.63, 3.8) is 0 Å². The van der Waals surface area contributed by atoms with Gasteiger partial charge in [-0.1, -0.05) is 28.1 Å². The summed E-state index contributed by atoms with van der Waals surface area (Å²) in [6, 6.07) is 15.0. The fourth-order valence-corrected chi connectivity index (χ4v) is 2.83. The summed E-state index contributed by atoms with van der Waals surface area (Å²) in [6.45, 7) is 3.98. The molecular weight excluding hydrogens is 392 g/mol. The number of benzene rings is 2. The number of aromatic nitrogens is 2. The van der Waals surface area contributed by atoms with Gasteiger partial charge >= 0.3 is 0 Å². The van der Waals surface area contributed by atoms with Crippen LogP contribution in [0.1, 0.15) is 35.5 Å². The van der Waals surface area contributed by atoms with E-state index >= 15 is 0 Å². The zero-order chi connectivity index (χ0) is 18.7. The lowest BCUT2D eigenvalue weighted by Gasteiger charge is -2.15. The molecule has 1 aromatic heterocycles. The second-order valence-corrected chi connectivity index (χ2v) is 7.41. The smallest absolute Gasteiger partial charge is 0.251 e. The largest absolute Gasteiger partial charge is 0.346 e. The predicted octanol–water partition coefficient (Wildman–Crippen LogP) is 4.12. The molecular formula is C20H17BrN4O. The Kier molecular flexibility index (Phi) is 5.01. The molecule has 5 nitrogen and oxygen atoms in total. The Hall–Kier alpha value is -2.78. The quantitative estimate of drug-likeness (QED) is 0.703. The van der Waals surface area contributed by atoms with Crippen LogP contribution < -0.4 is 5.32 Å². The fourth-order valence-electron chi connectivity index (χ4n) is 2.48. The molecule has 0 aliphatic rings. The Bertz CT molecular complexity index is 1010. The third kappa shape index (κ3) is 3.89. The molecule has 1 N–H and O–H groups in total. The maximum absolute atomic E-state index is 12.3. The van der Waals surface area contributed by atoms with E-state index in [1.165, 1.54) is 0 Å². The number of nitrogens with zero attached hydrogens (tertiary/aromatic N) is 3. The first-order chi connectivity index (χ1) is 12.4. The number of carbonyl (C=O) groups is 1. The van der Waals surface area contributed by atoms with Crippen molar-refractivity contribution in [2.45, 2.75) is 25.8 Å². The molecule has 6 heteroatoms. The number of halogens is 1. The molecule has 0 saturated carbocycles. The summed E-state index contributed by atoms with van der Waals surface area (Å²) in [5.41, 5.74) is 3.10. The zero-order valence-electron chi connectivity index (χ0n) is 14.5. The van der Waals surface area contributed by atoms with Crippen LogP contribution in [-0.2, 0) is 12.0 Å². The lowest BCUT2D eigenvalue weighted by Crippen LogP contribution is -2.23. The second kappa shape index (κ2) is 7.22. The van der Waals surface area contributed by atoms with Crippen LogP contribution >= 0.6 is 15.9 Å². The van der Waals surface area contributed by atoms with Crippen LogP contribution in [0, 0.1) is 11.3 Å². The summed E-state index contributed by atoms with van der Waals surface area (Å²) in [6.07, 6.45) is 1.66. The van der Waals surface area contributed by atoms with Gasteiger partial charge in [-0.25, -0.2) is 4.98 Å². The highest BCUT2D eigenvalue weighted by Crippen LogP contribution is 2.22. The van der Waals surface area contributed by atoms with Crippen molar-refractivity contribution in [2.24, 2.45) is 0 Å². The predicted molar refractivity (Wildman–Crippen MR) is 103 cm³/mol. The third-order valence-corrected chi connectivity index (χ3v) is 4.63. The molecule has 3 rings (SSSR count). The van der Waals surface area contributed by atoms with Crippen LogP contribution in [0.4, 0.5) is 0 Å². The van der Waals surface area contributed by atoms with Crippen LogP contribution in [0.15, 0.2) is 53.1 Å². The molecule has 0 spiro atoms. The Morgan fingerprint density at radius 2 is 1.92 bits per heavy atom. The van der Waals surface area contributed by atoms with Crippen molar-refractivity contribution in [1.29, 1.82) is 5.26 Å². The lowest BCUT2D eigenvalue weighted by atomic mass is 9.86. The average molecular weight is 409 g/mol. The summed E-state index contributed by atoms with van der Waals surface area (Å²) in [5.74, 6) is -0.192. The molecule has 26 heavy (non-hydrogen) atoms. The Morgan fingerprint density at radius 1 is 1.19 bits per heavy atom. The van der Waals surface area contributed by atoms with E-state index in [1.54, 1.807) is 18.3 Å². The van der Waals surface area contributed by atoms with E-state index in [9.17, 15) is 10.1 Å². The summed E-state index contributed by atoms with van der Waals surface area (Å²) in [4.78, 5) is 21.2. The molecule has 0 aliphatic carbocycles. The van der Waals surface area contributed by atoms with Gasteiger partial charge in [-0.2, -0.15) is 5.26 Å². The van der Waals surface area contributed by atoms with Gasteiger partial charge < -0.3 is 5.32 Å². The van der Waals surface area contributed by atoms with Crippen molar-refractivity contribution in [1.82, 2.24) is 15.3 Å². The van der Waals surface area contributed by atoms with Gasteiger partial charge in [0, 0.05) is 10.0 Å². The van der Waals surface area contributed by atoms with Gasteiger partial charge in [-0.05, 0) is 49.7 Å². The third-order valence-electron chi connectivity index (χ3n) is 4.13. The van der Waals surface area contributed by atoms with E-state index in [0.29, 0.717) is 17.8 Å². The molecule has 0 unspecified atom stereocenters. The number of carbonyl (C=O) groups excluding carboxylic acids is 1. The molecule has 1 heterocycles. The molecule has 0 radical (unpaired) electrons. The van der Waals surface area contributed by atoms with Gasteiger partial charge in [0.05, 0.1) is 41.0 Å². The number of nitriles is 1. The van der Waals surface area contributed by atoms with E-state index in [2.05, 4.69) is 37.3 Å². The van der Waals surface area contributed by atoms with Crippen molar-refractivity contribution in [3.8, 4) is 6.07 Å². The topological polar surface area (TPSA) is 78.7 Å². The normalized spacial score (nSPS) is 11.2. The van der Waals surface area contributed by atoms with Crippen LogP contribution in [0.3, 0.4) is 0 Å². The summed E-state index contributed by atoms with van der Waals surface area (Å²) in [5, 5.41) is 12.0. The van der Waals surface area contributed by atoms with Crippen molar-refractivity contribution >= 4 is 32.9 Å². The molecule has 1 amide bonds. The van der Waals surface area contributed by atoms with Crippen LogP contribution in [-0.4, -0.2) is 15.9 Å². The molecule has 2 aromatic carbocycles. The SMILES string of the molecule is CC(C)(C#N)c1ccc(C(=O)NCc2cnc3ccc(Br)cc3n2)cc1. The van der Waals surface area contributed by atoms with E-state index in [4.69, 9.17) is 0 Å². The first-order valence-corrected chi connectivity index (χ1v) is 8.89. The summed E-state index contributed by atoms with van der Waals surface area (Å²) in [7, 11) is 0. The van der Waals surface area contributed by atoms with Gasteiger partial charge in [0.15, 0.2) is 0 Å². The minimum Gasteiger partial charge on any atom is -0.346 e. The number of hydrogen-bond donors (Lipinski definition) is 1. The monoisotopic (exact) mass is 408 g/mol. The number of nitrogens with one attached hydrogen (secondary N) is 1. The Morgan fingerprint density at radius 3 is 2.62 bits per heavy atom. The first-order valence-electron chi connectivity index (χ1n) is 8.10. The highest BCUT2D eigenvalue weighted by atomic mass is 79.9. The van der Waals surface area contributed by atoms with Crippen LogP contribution in [0.5, 0.6) is 0 Å². The van der Waals surface area contributed by atoms with Gasteiger partial charge in [0.2, 0.25) is 0 Å². The highest BCUT2D eigenvalue weighted by Gasteiger charge is 2.19. The Balaban J connectivity index is 1.70. The molecule has 130 valence electrons. The van der Waals surface area contributed by atoms with Gasteiger partial charge in [-0.15, -0.1) is 0 Å². The van der Waals surface area contributed by atoms with E-state index < -0.39 is 5.41 Å². The first kappa shape index (κ1) is 18.0. The Labute approximate surface area is 160 Å². The van der Waals surface area contributed by atoms with Crippen molar-refractivity contribution < 1.29 is 4.79 Å². The van der Waals surface area contributed by atoms with Crippen molar-refractivity contribution in [2.75, 3.05) is 0 Å². The number of amides is 1. The molecule has 3 aromatic rings. The summed E-state index contributed by atoms with van der Waals surface area (Å²) >= 11 is 3.42. The molecule has 0 saturated heterocycles. The van der Waals surface area contributed by atoms with Crippen LogP contribution in [0.25, 0.3) is 11.0 Å². The minimum atomic E-state index is -0.579. The summed E-state index contributed by atoms with van der Waals surface area (Å²) < 4.78 is 0.931. The molecule has 0 fully saturated rings. The highest BCUT2D eigenvalue weighted by molar-refractivity contribution is 9.10. The second-order valence-electron chi connectivity index (χ2n) is 6.49. The van der Waals surface area contributed by atoms with E-state index in [1.807, 2.05) is 44.2 Å². The van der Waals surface area contributed by atoms with E-state index in [-0.39, 0.29) is 5.91 Å². The van der Waals surface area contributed by atoms with Crippen LogP contribution in [0.2, 0.25) is 0 Å². The fraction of sp³-hybridized carbons (Fsp3) is 0.200. The van der Waals surface area contributed by atoms with Crippen molar-refractivity contribution in [3.05, 3.63) is 70.0 Å².